The molecule has 31 heavy (non-hydrogen) atoms. The van der Waals surface area contributed by atoms with Gasteiger partial charge in [-0.05, 0) is 54.6 Å². The minimum Gasteiger partial charge on any atom is -0.334 e. The van der Waals surface area contributed by atoms with Crippen molar-refractivity contribution in [2.24, 2.45) is 0 Å². The largest absolute Gasteiger partial charge is 0.334 e. The van der Waals surface area contributed by atoms with Gasteiger partial charge in [0.15, 0.2) is 5.65 Å². The van der Waals surface area contributed by atoms with Crippen LogP contribution >= 0.6 is 0 Å². The van der Waals surface area contributed by atoms with Crippen LogP contribution in [0.5, 0.6) is 0 Å². The standard InChI is InChI=1S/C23H17F2N5O/c1-2-11-26-23(31)28-18-12-19-22(27-13-18)30-21(15-5-9-17(25)10-6-15)20(29-19)14-3-7-16(24)8-4-14/h2-10,12-13H,1,11H2,(H2,26,28,31). The summed E-state index contributed by atoms with van der Waals surface area (Å²) in [5, 5.41) is 5.28. The second kappa shape index (κ2) is 8.66. The first-order chi connectivity index (χ1) is 15.0. The lowest BCUT2D eigenvalue weighted by molar-refractivity contribution is 0.253. The van der Waals surface area contributed by atoms with Crippen LogP contribution in [0.25, 0.3) is 33.7 Å². The highest BCUT2D eigenvalue weighted by molar-refractivity contribution is 5.92. The maximum Gasteiger partial charge on any atom is 0.319 e. The number of hydrogen-bond donors (Lipinski definition) is 2. The molecule has 0 atom stereocenters. The summed E-state index contributed by atoms with van der Waals surface area (Å²) in [4.78, 5) is 25.5. The number of amides is 2. The highest BCUT2D eigenvalue weighted by atomic mass is 19.1. The van der Waals surface area contributed by atoms with Crippen molar-refractivity contribution in [1.82, 2.24) is 20.3 Å². The summed E-state index contributed by atoms with van der Waals surface area (Å²) in [6.07, 6.45) is 3.03. The minimum atomic E-state index is -0.407. The van der Waals surface area contributed by atoms with Gasteiger partial charge in [0.25, 0.3) is 0 Å². The number of anilines is 1. The Morgan fingerprint density at radius 3 is 2.10 bits per heavy atom. The van der Waals surface area contributed by atoms with E-state index in [0.717, 1.165) is 0 Å². The smallest absolute Gasteiger partial charge is 0.319 e. The number of carbonyl (C=O) groups is 1. The van der Waals surface area contributed by atoms with E-state index in [-0.39, 0.29) is 11.6 Å². The molecule has 2 aromatic carbocycles. The second-order valence-corrected chi connectivity index (χ2v) is 6.63. The molecule has 0 saturated heterocycles. The molecule has 4 rings (SSSR count). The molecule has 2 heterocycles. The van der Waals surface area contributed by atoms with Crippen LogP contribution in [0.4, 0.5) is 19.3 Å². The predicted octanol–water partition coefficient (Wildman–Crippen LogP) is 4.94. The second-order valence-electron chi connectivity index (χ2n) is 6.63. The molecule has 0 fully saturated rings. The summed E-state index contributed by atoms with van der Waals surface area (Å²) in [7, 11) is 0. The number of carbonyl (C=O) groups excluding carboxylic acids is 1. The Balaban J connectivity index is 1.82. The van der Waals surface area contributed by atoms with Crippen molar-refractivity contribution in [1.29, 1.82) is 0 Å². The van der Waals surface area contributed by atoms with E-state index in [2.05, 4.69) is 32.2 Å². The predicted molar refractivity (Wildman–Crippen MR) is 115 cm³/mol. The number of aromatic nitrogens is 3. The Morgan fingerprint density at radius 2 is 1.52 bits per heavy atom. The SMILES string of the molecule is C=CCNC(=O)Nc1cnc2nc(-c3ccc(F)cc3)c(-c3ccc(F)cc3)nc2c1. The molecule has 0 aliphatic rings. The Hall–Kier alpha value is -4.20. The van der Waals surface area contributed by atoms with Crippen LogP contribution in [0.3, 0.4) is 0 Å². The molecule has 4 aromatic rings. The molecule has 0 unspecified atom stereocenters. The van der Waals surface area contributed by atoms with Crippen LogP contribution in [0.2, 0.25) is 0 Å². The van der Waals surface area contributed by atoms with Crippen molar-refractivity contribution >= 4 is 22.9 Å². The van der Waals surface area contributed by atoms with Crippen molar-refractivity contribution < 1.29 is 13.6 Å². The molecule has 154 valence electrons. The lowest BCUT2D eigenvalue weighted by Crippen LogP contribution is -2.28. The van der Waals surface area contributed by atoms with Crippen LogP contribution in [0, 0.1) is 11.6 Å². The van der Waals surface area contributed by atoms with E-state index in [1.807, 2.05) is 0 Å². The zero-order valence-electron chi connectivity index (χ0n) is 16.3. The molecule has 0 aliphatic carbocycles. The zero-order valence-corrected chi connectivity index (χ0v) is 16.3. The molecule has 0 aliphatic heterocycles. The van der Waals surface area contributed by atoms with E-state index in [9.17, 15) is 13.6 Å². The summed E-state index contributed by atoms with van der Waals surface area (Å²) in [5.41, 5.74) is 3.46. The van der Waals surface area contributed by atoms with E-state index in [0.29, 0.717) is 45.9 Å². The fourth-order valence-electron chi connectivity index (χ4n) is 2.97. The van der Waals surface area contributed by atoms with Gasteiger partial charge in [-0.1, -0.05) is 6.08 Å². The Kier molecular flexibility index (Phi) is 5.61. The number of nitrogens with zero attached hydrogens (tertiary/aromatic N) is 3. The van der Waals surface area contributed by atoms with E-state index in [4.69, 9.17) is 0 Å². The van der Waals surface area contributed by atoms with E-state index in [1.54, 1.807) is 36.4 Å². The van der Waals surface area contributed by atoms with Crippen LogP contribution < -0.4 is 10.6 Å². The molecule has 0 spiro atoms. The maximum absolute atomic E-state index is 13.4. The van der Waals surface area contributed by atoms with Gasteiger partial charge >= 0.3 is 6.03 Å². The molecule has 0 saturated carbocycles. The van der Waals surface area contributed by atoms with Crippen molar-refractivity contribution in [3.05, 3.63) is 85.1 Å². The van der Waals surface area contributed by atoms with Crippen LogP contribution in [0.1, 0.15) is 0 Å². The fraction of sp³-hybridized carbons (Fsp3) is 0.0435. The Labute approximate surface area is 176 Å². The molecule has 8 heteroatoms. The number of urea groups is 1. The van der Waals surface area contributed by atoms with Crippen molar-refractivity contribution in [3.8, 4) is 22.5 Å². The van der Waals surface area contributed by atoms with Gasteiger partial charge in [-0.2, -0.15) is 0 Å². The van der Waals surface area contributed by atoms with Gasteiger partial charge < -0.3 is 10.6 Å². The first-order valence-corrected chi connectivity index (χ1v) is 9.39. The first kappa shape index (κ1) is 20.1. The van der Waals surface area contributed by atoms with Gasteiger partial charge in [0.05, 0.1) is 23.3 Å². The van der Waals surface area contributed by atoms with Crippen molar-refractivity contribution in [3.63, 3.8) is 0 Å². The number of hydrogen-bond acceptors (Lipinski definition) is 4. The van der Waals surface area contributed by atoms with Gasteiger partial charge in [-0.15, -0.1) is 6.58 Å². The van der Waals surface area contributed by atoms with Gasteiger partial charge in [-0.25, -0.2) is 28.5 Å². The highest BCUT2D eigenvalue weighted by Gasteiger charge is 2.15. The molecule has 0 bridgehead atoms. The summed E-state index contributed by atoms with van der Waals surface area (Å²) in [6.45, 7) is 3.87. The first-order valence-electron chi connectivity index (χ1n) is 9.39. The number of nitrogens with one attached hydrogen (secondary N) is 2. The topological polar surface area (TPSA) is 79.8 Å². The maximum atomic E-state index is 13.4. The average Bonchev–Trinajstić information content (AvgIpc) is 2.78. The molecule has 2 N–H and O–H groups in total. The normalized spacial score (nSPS) is 10.6. The third kappa shape index (κ3) is 4.53. The van der Waals surface area contributed by atoms with E-state index < -0.39 is 6.03 Å². The van der Waals surface area contributed by atoms with Crippen LogP contribution in [0.15, 0.2) is 73.4 Å². The molecular formula is C23H17F2N5O. The monoisotopic (exact) mass is 417 g/mol. The highest BCUT2D eigenvalue weighted by Crippen LogP contribution is 2.31. The quantitative estimate of drug-likeness (QED) is 0.451. The number of halogens is 2. The number of benzene rings is 2. The van der Waals surface area contributed by atoms with E-state index in [1.165, 1.54) is 30.5 Å². The van der Waals surface area contributed by atoms with Crippen LogP contribution in [-0.2, 0) is 0 Å². The Bertz CT molecular complexity index is 1260. The average molecular weight is 417 g/mol. The van der Waals surface area contributed by atoms with Gasteiger partial charge in [0, 0.05) is 17.7 Å². The van der Waals surface area contributed by atoms with Gasteiger partial charge in [0.1, 0.15) is 17.2 Å². The lowest BCUT2D eigenvalue weighted by Gasteiger charge is -2.11. The summed E-state index contributed by atoms with van der Waals surface area (Å²) in [6, 6.07) is 12.9. The minimum absolute atomic E-state index is 0.322. The van der Waals surface area contributed by atoms with Crippen LogP contribution in [-0.4, -0.2) is 27.5 Å². The number of fused-ring (bicyclic) bond motifs is 1. The van der Waals surface area contributed by atoms with Crippen molar-refractivity contribution in [2.75, 3.05) is 11.9 Å². The number of pyridine rings is 1. The third-order valence-corrected chi connectivity index (χ3v) is 4.42. The zero-order chi connectivity index (χ0) is 21.8. The molecule has 6 nitrogen and oxygen atoms in total. The molecule has 2 aromatic heterocycles. The molecular weight excluding hydrogens is 400 g/mol. The van der Waals surface area contributed by atoms with Gasteiger partial charge in [-0.3, -0.25) is 0 Å². The Morgan fingerprint density at radius 1 is 0.935 bits per heavy atom. The lowest BCUT2D eigenvalue weighted by atomic mass is 10.0. The molecule has 0 radical (unpaired) electrons. The molecule has 2 amide bonds. The summed E-state index contributed by atoms with van der Waals surface area (Å²) in [5.74, 6) is -0.746. The number of rotatable bonds is 5. The van der Waals surface area contributed by atoms with Crippen molar-refractivity contribution in [2.45, 2.75) is 0 Å². The fourth-order valence-corrected chi connectivity index (χ4v) is 2.97. The third-order valence-electron chi connectivity index (χ3n) is 4.42. The van der Waals surface area contributed by atoms with E-state index >= 15 is 0 Å². The summed E-state index contributed by atoms with van der Waals surface area (Å²) >= 11 is 0. The summed E-state index contributed by atoms with van der Waals surface area (Å²) < 4.78 is 26.9. The van der Waals surface area contributed by atoms with Gasteiger partial charge in [0.2, 0.25) is 0 Å².